The highest BCUT2D eigenvalue weighted by atomic mass is 32.2. The fraction of sp³-hybridized carbons (Fsp3) is 0.222. The first kappa shape index (κ1) is 12.5. The van der Waals surface area contributed by atoms with Gasteiger partial charge in [-0.2, -0.15) is 0 Å². The van der Waals surface area contributed by atoms with E-state index in [1.165, 1.54) is 31.4 Å². The highest BCUT2D eigenvalue weighted by Crippen LogP contribution is 2.15. The quantitative estimate of drug-likeness (QED) is 0.779. The molecular formula is C9H11NO5S. The Morgan fingerprint density at radius 2 is 1.81 bits per heavy atom. The van der Waals surface area contributed by atoms with Crippen molar-refractivity contribution in [1.82, 2.24) is 4.89 Å². The van der Waals surface area contributed by atoms with Crippen LogP contribution in [-0.4, -0.2) is 21.5 Å². The average Bonchev–Trinajstić information content (AvgIpc) is 2.27. The van der Waals surface area contributed by atoms with Gasteiger partial charge in [-0.15, -0.1) is 0 Å². The second-order valence-electron chi connectivity index (χ2n) is 2.86. The minimum Gasteiger partial charge on any atom is -0.497 e. The molecule has 0 saturated carbocycles. The zero-order valence-corrected chi connectivity index (χ0v) is 9.58. The maximum Gasteiger partial charge on any atom is 0.323 e. The van der Waals surface area contributed by atoms with Gasteiger partial charge in [-0.25, -0.2) is 8.42 Å². The van der Waals surface area contributed by atoms with Crippen LogP contribution < -0.4 is 9.62 Å². The lowest BCUT2D eigenvalue weighted by atomic mass is 10.3. The SMILES string of the molecule is COc1ccc(S(=O)(=O)NOC(C)=O)cc1. The lowest BCUT2D eigenvalue weighted by Gasteiger charge is -2.06. The summed E-state index contributed by atoms with van der Waals surface area (Å²) in [5, 5.41) is 0. The van der Waals surface area contributed by atoms with Gasteiger partial charge in [0.25, 0.3) is 10.0 Å². The summed E-state index contributed by atoms with van der Waals surface area (Å²) in [5.41, 5.74) is 0. The van der Waals surface area contributed by atoms with Crippen LogP contribution in [0.4, 0.5) is 0 Å². The molecule has 88 valence electrons. The van der Waals surface area contributed by atoms with E-state index in [1.807, 2.05) is 0 Å². The van der Waals surface area contributed by atoms with Crippen molar-refractivity contribution in [3.63, 3.8) is 0 Å². The van der Waals surface area contributed by atoms with Gasteiger partial charge in [0.2, 0.25) is 0 Å². The van der Waals surface area contributed by atoms with Crippen LogP contribution in [0.1, 0.15) is 6.92 Å². The summed E-state index contributed by atoms with van der Waals surface area (Å²) < 4.78 is 27.9. The summed E-state index contributed by atoms with van der Waals surface area (Å²) in [4.78, 5) is 16.3. The number of carbonyl (C=O) groups excluding carboxylic acids is 1. The van der Waals surface area contributed by atoms with E-state index in [0.717, 1.165) is 6.92 Å². The molecule has 0 bridgehead atoms. The predicted octanol–water partition coefficient (Wildman–Crippen LogP) is 0.452. The second-order valence-corrected chi connectivity index (χ2v) is 4.50. The average molecular weight is 245 g/mol. The molecule has 6 nitrogen and oxygen atoms in total. The predicted molar refractivity (Wildman–Crippen MR) is 55.1 cm³/mol. The normalized spacial score (nSPS) is 10.9. The number of hydrogen-bond acceptors (Lipinski definition) is 5. The van der Waals surface area contributed by atoms with Crippen LogP contribution in [0.2, 0.25) is 0 Å². The van der Waals surface area contributed by atoms with E-state index in [9.17, 15) is 13.2 Å². The van der Waals surface area contributed by atoms with Gasteiger partial charge in [0.15, 0.2) is 0 Å². The maximum absolute atomic E-state index is 11.5. The molecule has 0 aliphatic rings. The molecule has 1 aromatic carbocycles. The monoisotopic (exact) mass is 245 g/mol. The molecular weight excluding hydrogens is 234 g/mol. The second kappa shape index (κ2) is 4.95. The maximum atomic E-state index is 11.5. The van der Waals surface area contributed by atoms with Crippen LogP contribution in [0.25, 0.3) is 0 Å². The molecule has 0 saturated heterocycles. The Kier molecular flexibility index (Phi) is 3.86. The largest absolute Gasteiger partial charge is 0.497 e. The van der Waals surface area contributed by atoms with Crippen molar-refractivity contribution in [3.05, 3.63) is 24.3 Å². The smallest absolute Gasteiger partial charge is 0.323 e. The molecule has 0 unspecified atom stereocenters. The number of nitrogens with one attached hydrogen (secondary N) is 1. The number of methoxy groups -OCH3 is 1. The molecule has 16 heavy (non-hydrogen) atoms. The summed E-state index contributed by atoms with van der Waals surface area (Å²) in [7, 11) is -2.36. The van der Waals surface area contributed by atoms with Gasteiger partial charge in [0, 0.05) is 6.92 Å². The van der Waals surface area contributed by atoms with Gasteiger partial charge >= 0.3 is 5.97 Å². The van der Waals surface area contributed by atoms with Crippen molar-refractivity contribution < 1.29 is 22.8 Å². The molecule has 0 fully saturated rings. The number of sulfonamides is 1. The third-order valence-electron chi connectivity index (χ3n) is 1.66. The van der Waals surface area contributed by atoms with Crippen LogP contribution in [0.15, 0.2) is 29.2 Å². The fourth-order valence-electron chi connectivity index (χ4n) is 0.917. The Balaban J connectivity index is 2.85. The van der Waals surface area contributed by atoms with E-state index >= 15 is 0 Å². The highest BCUT2D eigenvalue weighted by Gasteiger charge is 2.15. The number of ether oxygens (including phenoxy) is 1. The van der Waals surface area contributed by atoms with Crippen molar-refractivity contribution in [1.29, 1.82) is 0 Å². The Labute approximate surface area is 93.2 Å². The molecule has 0 atom stereocenters. The third-order valence-corrected chi connectivity index (χ3v) is 2.86. The van der Waals surface area contributed by atoms with E-state index in [4.69, 9.17) is 4.74 Å². The van der Waals surface area contributed by atoms with Crippen LogP contribution in [0.5, 0.6) is 5.75 Å². The first-order chi connectivity index (χ1) is 7.45. The third kappa shape index (κ3) is 3.21. The van der Waals surface area contributed by atoms with Crippen molar-refractivity contribution in [2.75, 3.05) is 7.11 Å². The standard InChI is InChI=1S/C9H11NO5S/c1-7(11)15-10-16(12,13)9-5-3-8(14-2)4-6-9/h3-6,10H,1-2H3. The highest BCUT2D eigenvalue weighted by molar-refractivity contribution is 7.89. The first-order valence-electron chi connectivity index (χ1n) is 4.29. The topological polar surface area (TPSA) is 81.7 Å². The summed E-state index contributed by atoms with van der Waals surface area (Å²) in [5.74, 6) is -0.205. The molecule has 0 aliphatic carbocycles. The van der Waals surface area contributed by atoms with Gasteiger partial charge in [-0.1, -0.05) is 0 Å². The lowest BCUT2D eigenvalue weighted by Crippen LogP contribution is -2.26. The van der Waals surface area contributed by atoms with E-state index in [0.29, 0.717) is 5.75 Å². The van der Waals surface area contributed by atoms with E-state index in [2.05, 4.69) is 4.84 Å². The van der Waals surface area contributed by atoms with Gasteiger partial charge in [-0.05, 0) is 29.2 Å². The molecule has 1 N–H and O–H groups in total. The van der Waals surface area contributed by atoms with Crippen LogP contribution >= 0.6 is 0 Å². The lowest BCUT2D eigenvalue weighted by molar-refractivity contribution is -0.144. The molecule has 0 aromatic heterocycles. The molecule has 0 aliphatic heterocycles. The Bertz CT molecular complexity index is 465. The van der Waals surface area contributed by atoms with E-state index in [1.54, 1.807) is 4.89 Å². The van der Waals surface area contributed by atoms with Crippen molar-refractivity contribution in [3.8, 4) is 5.75 Å². The van der Waals surface area contributed by atoms with Crippen molar-refractivity contribution in [2.45, 2.75) is 11.8 Å². The summed E-state index contributed by atoms with van der Waals surface area (Å²) in [6, 6.07) is 5.65. The van der Waals surface area contributed by atoms with Crippen LogP contribution in [0, 0.1) is 0 Å². The molecule has 0 radical (unpaired) electrons. The summed E-state index contributed by atoms with van der Waals surface area (Å²) >= 11 is 0. The minimum absolute atomic E-state index is 0.0189. The molecule has 0 amide bonds. The number of carbonyl (C=O) groups is 1. The van der Waals surface area contributed by atoms with Crippen molar-refractivity contribution in [2.24, 2.45) is 0 Å². The molecule has 1 rings (SSSR count). The summed E-state index contributed by atoms with van der Waals surface area (Å²) in [6.07, 6.45) is 0. The molecule has 0 spiro atoms. The Morgan fingerprint density at radius 3 is 2.25 bits per heavy atom. The molecule has 0 heterocycles. The van der Waals surface area contributed by atoms with E-state index in [-0.39, 0.29) is 4.90 Å². The van der Waals surface area contributed by atoms with Crippen molar-refractivity contribution >= 4 is 16.0 Å². The summed E-state index contributed by atoms with van der Waals surface area (Å²) in [6.45, 7) is 1.09. The number of hydrogen-bond donors (Lipinski definition) is 1. The van der Waals surface area contributed by atoms with Gasteiger partial charge in [0.1, 0.15) is 5.75 Å². The minimum atomic E-state index is -3.83. The van der Waals surface area contributed by atoms with E-state index < -0.39 is 16.0 Å². The zero-order valence-electron chi connectivity index (χ0n) is 8.76. The Morgan fingerprint density at radius 1 is 1.25 bits per heavy atom. The first-order valence-corrected chi connectivity index (χ1v) is 5.77. The number of benzene rings is 1. The molecule has 7 heteroatoms. The Hall–Kier alpha value is -1.60. The van der Waals surface area contributed by atoms with Crippen LogP contribution in [0.3, 0.4) is 0 Å². The molecule has 1 aromatic rings. The fourth-order valence-corrected chi connectivity index (χ4v) is 1.73. The zero-order chi connectivity index (χ0) is 12.2. The van der Waals surface area contributed by atoms with Gasteiger partial charge < -0.3 is 9.57 Å². The van der Waals surface area contributed by atoms with Gasteiger partial charge in [-0.3, -0.25) is 4.79 Å². The number of rotatable bonds is 4. The van der Waals surface area contributed by atoms with Gasteiger partial charge in [0.05, 0.1) is 12.0 Å². The van der Waals surface area contributed by atoms with Crippen LogP contribution in [-0.2, 0) is 19.7 Å².